The summed E-state index contributed by atoms with van der Waals surface area (Å²) in [6, 6.07) is 12.0. The Morgan fingerprint density at radius 2 is 1.71 bits per heavy atom. The molecule has 3 N–H and O–H groups in total. The number of halogens is 7. The molecule has 0 bridgehead atoms. The lowest BCUT2D eigenvalue weighted by Crippen LogP contribution is -2.29. The Kier molecular flexibility index (Phi) is 7.20. The lowest BCUT2D eigenvalue weighted by atomic mass is 10.1. The first-order valence-corrected chi connectivity index (χ1v) is 9.80. The first-order valence-electron chi connectivity index (χ1n) is 9.43. The number of nitrogens with two attached hydrogens (primary N) is 1. The number of carbonyl (C=O) groups is 1. The molecule has 3 rings (SSSR count). The van der Waals surface area contributed by atoms with E-state index in [0.29, 0.717) is 0 Å². The van der Waals surface area contributed by atoms with Crippen LogP contribution in [0.4, 0.5) is 38.1 Å². The smallest absolute Gasteiger partial charge is 0.449 e. The van der Waals surface area contributed by atoms with Crippen LogP contribution in [0.3, 0.4) is 0 Å². The zero-order chi connectivity index (χ0) is 25.1. The lowest BCUT2D eigenvalue weighted by Gasteiger charge is -2.20. The molecule has 0 amide bonds. The van der Waals surface area contributed by atoms with Crippen molar-refractivity contribution in [3.63, 3.8) is 0 Å². The van der Waals surface area contributed by atoms with Gasteiger partial charge < -0.3 is 15.8 Å². The quantitative estimate of drug-likeness (QED) is 0.333. The van der Waals surface area contributed by atoms with Crippen molar-refractivity contribution in [1.82, 2.24) is 9.97 Å². The Balaban J connectivity index is 1.85. The van der Waals surface area contributed by atoms with E-state index in [9.17, 15) is 31.1 Å². The number of nitrogen functional groups attached to an aromatic ring is 1. The van der Waals surface area contributed by atoms with Crippen LogP contribution in [0.1, 0.15) is 17.2 Å². The maximum absolute atomic E-state index is 12.9. The Hall–Kier alpha value is -3.54. The summed E-state index contributed by atoms with van der Waals surface area (Å²) >= 11 is 5.75. The maximum atomic E-state index is 12.9. The molecule has 180 valence electrons. The summed E-state index contributed by atoms with van der Waals surface area (Å²) in [6.45, 7) is -0.324. The number of hydrogen-bond acceptors (Lipinski definition) is 6. The summed E-state index contributed by atoms with van der Waals surface area (Å²) < 4.78 is 81.5. The number of carbonyl (C=O) groups excluding carboxylic acids is 1. The highest BCUT2D eigenvalue weighted by molar-refractivity contribution is 6.31. The largest absolute Gasteiger partial charge is 0.490 e. The average Bonchev–Trinajstić information content (AvgIpc) is 2.75. The van der Waals surface area contributed by atoms with E-state index >= 15 is 0 Å². The number of aromatic nitrogens is 2. The van der Waals surface area contributed by atoms with E-state index in [-0.39, 0.29) is 35.1 Å². The summed E-state index contributed by atoms with van der Waals surface area (Å²) in [7, 11) is 0. The molecule has 3 aromatic rings. The van der Waals surface area contributed by atoms with Crippen molar-refractivity contribution in [3.05, 3.63) is 70.7 Å². The molecule has 0 aliphatic carbocycles. The fourth-order valence-electron chi connectivity index (χ4n) is 2.90. The van der Waals surface area contributed by atoms with Gasteiger partial charge in [-0.25, -0.2) is 9.78 Å². The number of nitrogens with one attached hydrogen (secondary N) is 1. The van der Waals surface area contributed by atoms with E-state index < -0.39 is 35.0 Å². The van der Waals surface area contributed by atoms with Gasteiger partial charge in [0.1, 0.15) is 11.9 Å². The standard InChI is InChI=1S/C21H15ClF6N4O2/c22-14-8-12(6-7-13(14)20(23,24)25)15-9-17(32-19(29)31-15)30-10-16(11-4-2-1-3-5-11)34-18(33)21(26,27)28/h1-9,16H,10H2,(H3,29,30,31,32)/t16-/m0/s1. The van der Waals surface area contributed by atoms with Gasteiger partial charge in [-0.2, -0.15) is 31.3 Å². The van der Waals surface area contributed by atoms with Crippen molar-refractivity contribution in [2.75, 3.05) is 17.6 Å². The topological polar surface area (TPSA) is 90.1 Å². The van der Waals surface area contributed by atoms with Gasteiger partial charge in [-0.1, -0.05) is 48.0 Å². The lowest BCUT2D eigenvalue weighted by molar-refractivity contribution is -0.204. The van der Waals surface area contributed by atoms with Crippen molar-refractivity contribution >= 4 is 29.3 Å². The fraction of sp³-hybridized carbons (Fsp3) is 0.190. The summed E-state index contributed by atoms with van der Waals surface area (Å²) in [5, 5.41) is 2.16. The van der Waals surface area contributed by atoms with Crippen LogP contribution in [0.2, 0.25) is 5.02 Å². The molecular formula is C21H15ClF6N4O2. The normalized spacial score (nSPS) is 12.8. The van der Waals surface area contributed by atoms with Crippen LogP contribution in [-0.2, 0) is 15.7 Å². The molecule has 0 saturated carbocycles. The third kappa shape index (κ3) is 6.28. The van der Waals surface area contributed by atoms with Gasteiger partial charge in [0.15, 0.2) is 0 Å². The van der Waals surface area contributed by atoms with Crippen LogP contribution in [0, 0.1) is 0 Å². The highest BCUT2D eigenvalue weighted by Crippen LogP contribution is 2.37. The minimum atomic E-state index is -5.19. The molecule has 13 heteroatoms. The molecule has 0 spiro atoms. The van der Waals surface area contributed by atoms with Crippen molar-refractivity contribution in [2.24, 2.45) is 0 Å². The third-order valence-corrected chi connectivity index (χ3v) is 4.75. The molecule has 34 heavy (non-hydrogen) atoms. The first-order chi connectivity index (χ1) is 15.8. The molecule has 6 nitrogen and oxygen atoms in total. The summed E-state index contributed by atoms with van der Waals surface area (Å²) in [5.74, 6) is -2.60. The molecule has 1 heterocycles. The number of rotatable bonds is 6. The van der Waals surface area contributed by atoms with E-state index in [4.69, 9.17) is 17.3 Å². The minimum Gasteiger partial charge on any atom is -0.449 e. The van der Waals surface area contributed by atoms with Gasteiger partial charge in [-0.3, -0.25) is 0 Å². The third-order valence-electron chi connectivity index (χ3n) is 4.43. The van der Waals surface area contributed by atoms with Gasteiger partial charge in [0.25, 0.3) is 0 Å². The van der Waals surface area contributed by atoms with Crippen molar-refractivity contribution in [3.8, 4) is 11.3 Å². The van der Waals surface area contributed by atoms with Gasteiger partial charge >= 0.3 is 18.3 Å². The van der Waals surface area contributed by atoms with E-state index in [0.717, 1.165) is 18.2 Å². The molecule has 0 radical (unpaired) electrons. The molecule has 1 aromatic heterocycles. The van der Waals surface area contributed by atoms with Crippen molar-refractivity contribution in [1.29, 1.82) is 0 Å². The highest BCUT2D eigenvalue weighted by atomic mass is 35.5. The Bertz CT molecular complexity index is 1170. The highest BCUT2D eigenvalue weighted by Gasteiger charge is 2.42. The zero-order valence-electron chi connectivity index (χ0n) is 16.9. The summed E-state index contributed by atoms with van der Waals surface area (Å²) in [4.78, 5) is 19.2. The number of nitrogens with zero attached hydrogens (tertiary/aromatic N) is 2. The van der Waals surface area contributed by atoms with Crippen LogP contribution < -0.4 is 11.1 Å². The van der Waals surface area contributed by atoms with Gasteiger partial charge in [-0.05, 0) is 17.7 Å². The molecule has 0 aliphatic heterocycles. The second kappa shape index (κ2) is 9.75. The Labute approximate surface area is 193 Å². The van der Waals surface area contributed by atoms with E-state index in [1.165, 1.54) is 18.2 Å². The number of ether oxygens (including phenoxy) is 1. The Morgan fingerprint density at radius 1 is 1.03 bits per heavy atom. The maximum Gasteiger partial charge on any atom is 0.490 e. The van der Waals surface area contributed by atoms with Gasteiger partial charge in [-0.15, -0.1) is 0 Å². The first kappa shape index (κ1) is 25.1. The van der Waals surface area contributed by atoms with E-state index in [1.54, 1.807) is 18.2 Å². The molecule has 0 unspecified atom stereocenters. The molecular weight excluding hydrogens is 490 g/mol. The van der Waals surface area contributed by atoms with E-state index in [2.05, 4.69) is 20.0 Å². The van der Waals surface area contributed by atoms with Gasteiger partial charge in [0.05, 0.1) is 22.8 Å². The fourth-order valence-corrected chi connectivity index (χ4v) is 3.18. The molecule has 0 saturated heterocycles. The molecule has 0 aliphatic rings. The van der Waals surface area contributed by atoms with Crippen LogP contribution >= 0.6 is 11.6 Å². The molecule has 1 atom stereocenters. The van der Waals surface area contributed by atoms with Crippen molar-refractivity contribution in [2.45, 2.75) is 18.5 Å². The molecule has 0 fully saturated rings. The number of benzene rings is 2. The molecule has 2 aromatic carbocycles. The predicted molar refractivity (Wildman–Crippen MR) is 112 cm³/mol. The van der Waals surface area contributed by atoms with Crippen LogP contribution in [-0.4, -0.2) is 28.7 Å². The summed E-state index contributed by atoms with van der Waals surface area (Å²) in [6.07, 6.45) is -11.2. The van der Waals surface area contributed by atoms with Gasteiger partial charge in [0, 0.05) is 11.6 Å². The second-order valence-electron chi connectivity index (χ2n) is 6.87. The second-order valence-corrected chi connectivity index (χ2v) is 7.28. The minimum absolute atomic E-state index is 0.0301. The predicted octanol–water partition coefficient (Wildman–Crippen LogP) is 5.66. The number of alkyl halides is 6. The van der Waals surface area contributed by atoms with E-state index in [1.807, 2.05) is 0 Å². The van der Waals surface area contributed by atoms with Crippen LogP contribution in [0.15, 0.2) is 54.6 Å². The Morgan fingerprint density at radius 3 is 2.29 bits per heavy atom. The number of anilines is 2. The monoisotopic (exact) mass is 504 g/mol. The van der Waals surface area contributed by atoms with Crippen molar-refractivity contribution < 1.29 is 35.9 Å². The van der Waals surface area contributed by atoms with Crippen LogP contribution in [0.25, 0.3) is 11.3 Å². The van der Waals surface area contributed by atoms with Gasteiger partial charge in [0.2, 0.25) is 5.95 Å². The average molecular weight is 505 g/mol. The summed E-state index contributed by atoms with van der Waals surface area (Å²) in [5.41, 5.74) is 5.23. The van der Waals surface area contributed by atoms with Crippen LogP contribution in [0.5, 0.6) is 0 Å². The zero-order valence-corrected chi connectivity index (χ0v) is 17.7. The SMILES string of the molecule is Nc1nc(NC[C@H](OC(=O)C(F)(F)F)c2ccccc2)cc(-c2ccc(C(F)(F)F)c(Cl)c2)n1. The number of esters is 1. The number of hydrogen-bond donors (Lipinski definition) is 2.